The molecule has 2 aliphatic heterocycles. The number of Topliss-reactive ketones (excluding diaryl/α,β-unsaturated/α-hetero) is 1. The number of aromatic nitrogens is 2. The first-order valence-electron chi connectivity index (χ1n) is 9.75. The monoisotopic (exact) mass is 419 g/mol. The van der Waals surface area contributed by atoms with E-state index in [9.17, 15) is 22.8 Å². The highest BCUT2D eigenvalue weighted by atomic mass is 19.4. The number of alkyl halides is 3. The highest BCUT2D eigenvalue weighted by Crippen LogP contribution is 2.40. The van der Waals surface area contributed by atoms with E-state index in [0.717, 1.165) is 30.8 Å². The van der Waals surface area contributed by atoms with Gasteiger partial charge in [0.1, 0.15) is 6.61 Å². The van der Waals surface area contributed by atoms with Crippen molar-refractivity contribution < 1.29 is 27.5 Å². The third kappa shape index (κ3) is 4.15. The quantitative estimate of drug-likeness (QED) is 0.693. The number of carbonyl (C=O) groups is 2. The van der Waals surface area contributed by atoms with Gasteiger partial charge in [-0.1, -0.05) is 30.3 Å². The lowest BCUT2D eigenvalue weighted by atomic mass is 9.85. The number of amides is 1. The molecule has 0 radical (unpaired) electrons. The molecule has 30 heavy (non-hydrogen) atoms. The van der Waals surface area contributed by atoms with Crippen molar-refractivity contribution in [2.24, 2.45) is 5.92 Å². The molecule has 2 atom stereocenters. The largest absolute Gasteiger partial charge is 0.451 e. The van der Waals surface area contributed by atoms with Gasteiger partial charge in [-0.3, -0.25) is 4.79 Å². The van der Waals surface area contributed by atoms with E-state index in [1.54, 1.807) is 4.90 Å². The Labute approximate surface area is 171 Å². The minimum absolute atomic E-state index is 0.0625. The number of rotatable bonds is 4. The van der Waals surface area contributed by atoms with Gasteiger partial charge in [0, 0.05) is 30.4 Å². The maximum absolute atomic E-state index is 12.8. The van der Waals surface area contributed by atoms with Gasteiger partial charge in [-0.2, -0.15) is 13.2 Å². The van der Waals surface area contributed by atoms with Crippen molar-refractivity contribution in [2.75, 3.05) is 0 Å². The van der Waals surface area contributed by atoms with Crippen LogP contribution in [0.15, 0.2) is 42.7 Å². The molecule has 4 rings (SSSR count). The molecule has 6 nitrogen and oxygen atoms in total. The standard InChI is InChI=1S/C21H20F3N3O3/c22-21(23,24)19-25-10-15(11-26-19)18(28)14-8-16-6-7-17(9-14)27(16)20(29)30-12-13-4-2-1-3-5-13/h1-5,10-11,14,16-17H,6-9,12H2. The fourth-order valence-electron chi connectivity index (χ4n) is 4.32. The fourth-order valence-corrected chi connectivity index (χ4v) is 4.32. The zero-order chi connectivity index (χ0) is 21.3. The number of benzene rings is 1. The number of halogens is 3. The van der Waals surface area contributed by atoms with E-state index in [2.05, 4.69) is 9.97 Å². The predicted octanol–water partition coefficient (Wildman–Crippen LogP) is 4.26. The number of hydrogen-bond donors (Lipinski definition) is 0. The van der Waals surface area contributed by atoms with Crippen molar-refractivity contribution >= 4 is 11.9 Å². The topological polar surface area (TPSA) is 72.4 Å². The fraction of sp³-hybridized carbons (Fsp3) is 0.429. The van der Waals surface area contributed by atoms with E-state index in [0.29, 0.717) is 12.8 Å². The van der Waals surface area contributed by atoms with E-state index in [1.165, 1.54) is 0 Å². The van der Waals surface area contributed by atoms with Gasteiger partial charge in [0.15, 0.2) is 5.78 Å². The summed E-state index contributed by atoms with van der Waals surface area (Å²) in [4.78, 5) is 33.6. The summed E-state index contributed by atoms with van der Waals surface area (Å²) in [5.74, 6) is -1.92. The van der Waals surface area contributed by atoms with Gasteiger partial charge in [0.25, 0.3) is 0 Å². The second kappa shape index (κ2) is 8.04. The van der Waals surface area contributed by atoms with Crippen LogP contribution in [0.2, 0.25) is 0 Å². The Morgan fingerprint density at radius 2 is 1.63 bits per heavy atom. The SMILES string of the molecule is O=C(c1cnc(C(F)(F)F)nc1)C1CC2CCC(C1)N2C(=O)OCc1ccccc1. The molecule has 1 aromatic carbocycles. The van der Waals surface area contributed by atoms with E-state index < -0.39 is 18.1 Å². The van der Waals surface area contributed by atoms with Crippen LogP contribution in [0.25, 0.3) is 0 Å². The highest BCUT2D eigenvalue weighted by Gasteiger charge is 2.46. The lowest BCUT2D eigenvalue weighted by molar-refractivity contribution is -0.145. The number of nitrogens with zero attached hydrogens (tertiary/aromatic N) is 3. The van der Waals surface area contributed by atoms with Crippen molar-refractivity contribution in [1.82, 2.24) is 14.9 Å². The second-order valence-corrected chi connectivity index (χ2v) is 7.66. The summed E-state index contributed by atoms with van der Waals surface area (Å²) < 4.78 is 43.3. The Hall–Kier alpha value is -2.97. The Morgan fingerprint density at radius 1 is 1.03 bits per heavy atom. The van der Waals surface area contributed by atoms with Crippen LogP contribution in [0.4, 0.5) is 18.0 Å². The van der Waals surface area contributed by atoms with Crippen molar-refractivity contribution in [3.05, 3.63) is 59.7 Å². The first kappa shape index (κ1) is 20.3. The number of fused-ring (bicyclic) bond motifs is 2. The minimum Gasteiger partial charge on any atom is -0.445 e. The number of hydrogen-bond acceptors (Lipinski definition) is 5. The molecule has 1 amide bonds. The lowest BCUT2D eigenvalue weighted by Gasteiger charge is -2.37. The summed E-state index contributed by atoms with van der Waals surface area (Å²) >= 11 is 0. The van der Waals surface area contributed by atoms with E-state index in [4.69, 9.17) is 4.74 Å². The molecule has 9 heteroatoms. The van der Waals surface area contributed by atoms with Gasteiger partial charge >= 0.3 is 12.3 Å². The lowest BCUT2D eigenvalue weighted by Crippen LogP contribution is -2.48. The number of ether oxygens (including phenoxy) is 1. The van der Waals surface area contributed by atoms with Crippen molar-refractivity contribution in [1.29, 1.82) is 0 Å². The van der Waals surface area contributed by atoms with Crippen LogP contribution in [0.3, 0.4) is 0 Å². The summed E-state index contributed by atoms with van der Waals surface area (Å²) in [6.45, 7) is 0.181. The molecule has 158 valence electrons. The normalized spacial score (nSPS) is 23.3. The summed E-state index contributed by atoms with van der Waals surface area (Å²) in [6, 6.07) is 9.14. The highest BCUT2D eigenvalue weighted by molar-refractivity contribution is 5.97. The molecule has 0 spiro atoms. The summed E-state index contributed by atoms with van der Waals surface area (Å²) in [7, 11) is 0. The van der Waals surface area contributed by atoms with Crippen molar-refractivity contribution in [2.45, 2.75) is 50.6 Å². The molecule has 2 aliphatic rings. The van der Waals surface area contributed by atoms with Crippen LogP contribution in [0, 0.1) is 5.92 Å². The third-order valence-corrected chi connectivity index (χ3v) is 5.71. The molecule has 2 aromatic rings. The van der Waals surface area contributed by atoms with Crippen LogP contribution < -0.4 is 0 Å². The molecule has 2 unspecified atom stereocenters. The number of ketones is 1. The van der Waals surface area contributed by atoms with Crippen LogP contribution in [0.1, 0.15) is 47.4 Å². The van der Waals surface area contributed by atoms with Crippen LogP contribution in [-0.2, 0) is 17.5 Å². The summed E-state index contributed by atoms with van der Waals surface area (Å²) in [6.07, 6.45) is -0.715. The van der Waals surface area contributed by atoms with Crippen LogP contribution in [-0.4, -0.2) is 38.8 Å². The second-order valence-electron chi connectivity index (χ2n) is 7.66. The number of carbonyl (C=O) groups excluding carboxylic acids is 2. The average Bonchev–Trinajstić information content (AvgIpc) is 3.01. The molecule has 2 saturated heterocycles. The molecule has 1 aromatic heterocycles. The molecule has 0 aliphatic carbocycles. The van der Waals surface area contributed by atoms with Crippen molar-refractivity contribution in [3.63, 3.8) is 0 Å². The van der Waals surface area contributed by atoms with Gasteiger partial charge in [-0.05, 0) is 31.2 Å². The molecule has 2 fully saturated rings. The maximum atomic E-state index is 12.8. The van der Waals surface area contributed by atoms with Gasteiger partial charge in [0.2, 0.25) is 5.82 Å². The predicted molar refractivity (Wildman–Crippen MR) is 99.4 cm³/mol. The average molecular weight is 419 g/mol. The molecular formula is C21H20F3N3O3. The number of piperidine rings is 1. The van der Waals surface area contributed by atoms with Crippen LogP contribution >= 0.6 is 0 Å². The van der Waals surface area contributed by atoms with Gasteiger partial charge in [-0.15, -0.1) is 0 Å². The molecule has 0 saturated carbocycles. The molecule has 2 bridgehead atoms. The van der Waals surface area contributed by atoms with E-state index >= 15 is 0 Å². The molecular weight excluding hydrogens is 399 g/mol. The van der Waals surface area contributed by atoms with Crippen LogP contribution in [0.5, 0.6) is 0 Å². The minimum atomic E-state index is -4.65. The summed E-state index contributed by atoms with van der Waals surface area (Å²) in [5.41, 5.74) is 0.957. The molecule has 3 heterocycles. The summed E-state index contributed by atoms with van der Waals surface area (Å²) in [5, 5.41) is 0. The molecule has 0 N–H and O–H groups in total. The van der Waals surface area contributed by atoms with Gasteiger partial charge < -0.3 is 9.64 Å². The smallest absolute Gasteiger partial charge is 0.445 e. The Balaban J connectivity index is 1.38. The first-order chi connectivity index (χ1) is 14.3. The third-order valence-electron chi connectivity index (χ3n) is 5.71. The first-order valence-corrected chi connectivity index (χ1v) is 9.75. The van der Waals surface area contributed by atoms with Crippen molar-refractivity contribution in [3.8, 4) is 0 Å². The van der Waals surface area contributed by atoms with E-state index in [-0.39, 0.29) is 36.0 Å². The zero-order valence-electron chi connectivity index (χ0n) is 16.0. The van der Waals surface area contributed by atoms with Gasteiger partial charge in [0.05, 0.1) is 5.56 Å². The zero-order valence-corrected chi connectivity index (χ0v) is 16.0. The Morgan fingerprint density at radius 3 is 2.20 bits per heavy atom. The Kier molecular flexibility index (Phi) is 5.44. The van der Waals surface area contributed by atoms with E-state index in [1.807, 2.05) is 30.3 Å². The Bertz CT molecular complexity index is 905. The maximum Gasteiger partial charge on any atom is 0.451 e. The van der Waals surface area contributed by atoms with Gasteiger partial charge in [-0.25, -0.2) is 14.8 Å².